The summed E-state index contributed by atoms with van der Waals surface area (Å²) in [5.74, 6) is 2.73. The lowest BCUT2D eigenvalue weighted by atomic mass is 9.44. The van der Waals surface area contributed by atoms with E-state index in [2.05, 4.69) is 26.1 Å². The van der Waals surface area contributed by atoms with Gasteiger partial charge in [-0.25, -0.2) is 0 Å². The summed E-state index contributed by atoms with van der Waals surface area (Å²) in [5, 5.41) is 21.3. The molecule has 4 aliphatic carbocycles. The molecule has 4 aliphatic rings. The summed E-state index contributed by atoms with van der Waals surface area (Å²) >= 11 is 0. The van der Waals surface area contributed by atoms with Crippen LogP contribution in [-0.2, 0) is 19.1 Å². The van der Waals surface area contributed by atoms with Crippen LogP contribution in [0.2, 0.25) is 0 Å². The molecule has 4 rings (SSSR count). The molecule has 4 saturated carbocycles. The molecule has 9 atom stereocenters. The van der Waals surface area contributed by atoms with Crippen LogP contribution >= 0.6 is 0 Å². The summed E-state index contributed by atoms with van der Waals surface area (Å²) in [6.07, 6.45) is 11.7. The minimum atomic E-state index is -0.692. The predicted octanol–water partition coefficient (Wildman–Crippen LogP) is 5.73. The highest BCUT2D eigenvalue weighted by molar-refractivity contribution is 5.81. The maximum atomic E-state index is 12.6. The average Bonchev–Trinajstić information content (AvgIpc) is 3.23. The lowest BCUT2D eigenvalue weighted by Gasteiger charge is -2.61. The molecule has 0 heterocycles. The number of hydrogen-bond donors (Lipinski definition) is 3. The number of carbonyl (C=O) groups excluding carboxylic acids is 2. The number of carbonyl (C=O) groups is 3. The van der Waals surface area contributed by atoms with Crippen molar-refractivity contribution in [2.75, 3.05) is 6.61 Å². The van der Waals surface area contributed by atoms with Crippen molar-refractivity contribution in [3.8, 4) is 0 Å². The molecular weight excluding hydrogens is 494 g/mol. The molecule has 7 nitrogen and oxygen atoms in total. The summed E-state index contributed by atoms with van der Waals surface area (Å²) in [5.41, 5.74) is -0.0498. The van der Waals surface area contributed by atoms with Gasteiger partial charge in [0.1, 0.15) is 6.10 Å². The van der Waals surface area contributed by atoms with Gasteiger partial charge < -0.3 is 20.3 Å². The first kappa shape index (κ1) is 30.3. The first-order valence-electron chi connectivity index (χ1n) is 15.6. The molecule has 0 aromatic heterocycles. The highest BCUT2D eigenvalue weighted by Crippen LogP contribution is 2.68. The number of hydrogen-bond acceptors (Lipinski definition) is 5. The fourth-order valence-electron chi connectivity index (χ4n) is 9.79. The number of amides is 1. The van der Waals surface area contributed by atoms with E-state index in [1.54, 1.807) is 13.8 Å². The number of carboxylic acid groups (broad SMARTS) is 1. The van der Waals surface area contributed by atoms with Gasteiger partial charge in [0.05, 0.1) is 18.6 Å². The Kier molecular flexibility index (Phi) is 9.10. The van der Waals surface area contributed by atoms with Crippen molar-refractivity contribution >= 4 is 17.8 Å². The molecule has 1 amide bonds. The second kappa shape index (κ2) is 11.7. The number of aliphatic hydroxyl groups excluding tert-OH is 1. The zero-order chi connectivity index (χ0) is 28.6. The van der Waals surface area contributed by atoms with Crippen LogP contribution in [0.5, 0.6) is 0 Å². The number of aliphatic carboxylic acids is 1. The third-order valence-electron chi connectivity index (χ3n) is 11.9. The first-order chi connectivity index (χ1) is 18.3. The van der Waals surface area contributed by atoms with Gasteiger partial charge >= 0.3 is 11.9 Å². The highest BCUT2D eigenvalue weighted by Gasteiger charge is 2.60. The van der Waals surface area contributed by atoms with Gasteiger partial charge in [0.2, 0.25) is 5.91 Å². The van der Waals surface area contributed by atoms with Gasteiger partial charge in [-0.1, -0.05) is 20.8 Å². The zero-order valence-corrected chi connectivity index (χ0v) is 25.0. The fourth-order valence-corrected chi connectivity index (χ4v) is 9.79. The molecule has 3 N–H and O–H groups in total. The topological polar surface area (TPSA) is 113 Å². The predicted molar refractivity (Wildman–Crippen MR) is 150 cm³/mol. The normalized spacial score (nSPS) is 38.6. The largest absolute Gasteiger partial charge is 0.481 e. The van der Waals surface area contributed by atoms with Crippen molar-refractivity contribution in [1.29, 1.82) is 0 Å². The van der Waals surface area contributed by atoms with Gasteiger partial charge in [0.25, 0.3) is 0 Å². The van der Waals surface area contributed by atoms with E-state index in [-0.39, 0.29) is 43.8 Å². The van der Waals surface area contributed by atoms with Crippen LogP contribution in [0.15, 0.2) is 0 Å². The summed E-state index contributed by atoms with van der Waals surface area (Å²) in [4.78, 5) is 35.9. The van der Waals surface area contributed by atoms with Crippen LogP contribution in [0.3, 0.4) is 0 Å². The van der Waals surface area contributed by atoms with Crippen LogP contribution in [0.4, 0.5) is 0 Å². The van der Waals surface area contributed by atoms with E-state index in [0.717, 1.165) is 43.4 Å². The SMILES string of the molecule is C[C@H](CCC(=O)O)[C@H]1CC[C@H]2C3CC[C@@H]4C[C@@H](OC(=O)CCC(=O)NC(C)(C)CO)CC[C@]4(C)[C@H]3CC[C@]12C. The fraction of sp³-hybridized carbons (Fsp3) is 0.906. The van der Waals surface area contributed by atoms with Crippen molar-refractivity contribution in [2.45, 2.75) is 130 Å². The molecule has 0 aromatic rings. The summed E-state index contributed by atoms with van der Waals surface area (Å²) in [7, 11) is 0. The molecule has 0 saturated heterocycles. The Morgan fingerprint density at radius 3 is 2.33 bits per heavy atom. The number of carboxylic acids is 1. The van der Waals surface area contributed by atoms with E-state index in [1.165, 1.54) is 38.5 Å². The van der Waals surface area contributed by atoms with Gasteiger partial charge in [-0.2, -0.15) is 0 Å². The van der Waals surface area contributed by atoms with Gasteiger partial charge in [-0.15, -0.1) is 0 Å². The number of esters is 1. The minimum absolute atomic E-state index is 0.0520. The molecule has 39 heavy (non-hydrogen) atoms. The number of aliphatic hydroxyl groups is 1. The maximum absolute atomic E-state index is 12.6. The average molecular weight is 548 g/mol. The van der Waals surface area contributed by atoms with E-state index >= 15 is 0 Å². The molecule has 222 valence electrons. The first-order valence-corrected chi connectivity index (χ1v) is 15.6. The molecule has 0 aromatic carbocycles. The van der Waals surface area contributed by atoms with Crippen LogP contribution in [0, 0.1) is 46.3 Å². The summed E-state index contributed by atoms with van der Waals surface area (Å²) in [6.45, 7) is 10.7. The van der Waals surface area contributed by atoms with Gasteiger partial charge in [0, 0.05) is 12.8 Å². The van der Waals surface area contributed by atoms with E-state index in [9.17, 15) is 24.6 Å². The van der Waals surface area contributed by atoms with Crippen molar-refractivity contribution in [1.82, 2.24) is 5.32 Å². The van der Waals surface area contributed by atoms with E-state index in [4.69, 9.17) is 4.74 Å². The lowest BCUT2D eigenvalue weighted by molar-refractivity contribution is -0.163. The summed E-state index contributed by atoms with van der Waals surface area (Å²) < 4.78 is 5.88. The van der Waals surface area contributed by atoms with Crippen molar-refractivity contribution in [3.05, 3.63) is 0 Å². The third kappa shape index (κ3) is 6.33. The Bertz CT molecular complexity index is 918. The van der Waals surface area contributed by atoms with Crippen LogP contribution < -0.4 is 5.32 Å². The van der Waals surface area contributed by atoms with Crippen LogP contribution in [-0.4, -0.2) is 46.3 Å². The Hall–Kier alpha value is -1.63. The smallest absolute Gasteiger partial charge is 0.306 e. The van der Waals surface area contributed by atoms with Crippen molar-refractivity contribution in [2.24, 2.45) is 46.3 Å². The number of ether oxygens (including phenoxy) is 1. The molecule has 0 aliphatic heterocycles. The molecule has 0 bridgehead atoms. The Morgan fingerprint density at radius 2 is 1.64 bits per heavy atom. The van der Waals surface area contributed by atoms with Crippen LogP contribution in [0.1, 0.15) is 118 Å². The number of fused-ring (bicyclic) bond motifs is 5. The number of rotatable bonds is 10. The summed E-state index contributed by atoms with van der Waals surface area (Å²) in [6, 6.07) is 0. The van der Waals surface area contributed by atoms with Gasteiger partial charge in [-0.05, 0) is 124 Å². The number of nitrogens with one attached hydrogen (secondary N) is 1. The van der Waals surface area contributed by atoms with Crippen LogP contribution in [0.25, 0.3) is 0 Å². The molecule has 4 fully saturated rings. The molecule has 1 unspecified atom stereocenters. The van der Waals surface area contributed by atoms with Crippen molar-refractivity contribution in [3.63, 3.8) is 0 Å². The Labute approximate surface area is 235 Å². The minimum Gasteiger partial charge on any atom is -0.481 e. The highest BCUT2D eigenvalue weighted by atomic mass is 16.5. The third-order valence-corrected chi connectivity index (χ3v) is 11.9. The second-order valence-electron chi connectivity index (χ2n) is 14.8. The van der Waals surface area contributed by atoms with Gasteiger partial charge in [-0.3, -0.25) is 14.4 Å². The molecule has 0 radical (unpaired) electrons. The zero-order valence-electron chi connectivity index (χ0n) is 25.0. The second-order valence-corrected chi connectivity index (χ2v) is 14.8. The van der Waals surface area contributed by atoms with Crippen molar-refractivity contribution < 1.29 is 29.3 Å². The molecular formula is C32H53NO6. The van der Waals surface area contributed by atoms with E-state index in [1.807, 2.05) is 0 Å². The maximum Gasteiger partial charge on any atom is 0.306 e. The van der Waals surface area contributed by atoms with E-state index in [0.29, 0.717) is 28.6 Å². The lowest BCUT2D eigenvalue weighted by Crippen LogP contribution is -2.54. The monoisotopic (exact) mass is 547 g/mol. The Morgan fingerprint density at radius 1 is 0.949 bits per heavy atom. The Balaban J connectivity index is 1.31. The quantitative estimate of drug-likeness (QED) is 0.301. The molecule has 0 spiro atoms. The standard InChI is InChI=1S/C32H53NO6/c1-20(6-12-28(36)37)24-9-10-25-23-8-7-21-18-22(14-16-31(21,4)26(23)15-17-32(24,25)5)39-29(38)13-11-27(35)33-30(2,3)19-34/h20-26,34H,6-19H2,1-5H3,(H,33,35)(H,36,37)/t20-,21-,22+,23?,24-,25+,26+,31+,32-/m1/s1. The van der Waals surface area contributed by atoms with E-state index < -0.39 is 11.5 Å². The van der Waals surface area contributed by atoms with Gasteiger partial charge in [0.15, 0.2) is 0 Å². The molecule has 7 heteroatoms.